The number of rotatable bonds is 5. The number of thioether (sulfide) groups is 1. The summed E-state index contributed by atoms with van der Waals surface area (Å²) in [5, 5.41) is 38.5. The minimum Gasteiger partial charge on any atom is -0.497 e. The van der Waals surface area contributed by atoms with Gasteiger partial charge in [0, 0.05) is 5.75 Å². The molecule has 1 heterocycles. The van der Waals surface area contributed by atoms with Crippen LogP contribution in [0.3, 0.4) is 0 Å². The van der Waals surface area contributed by atoms with Gasteiger partial charge in [-0.3, -0.25) is 0 Å². The van der Waals surface area contributed by atoms with Gasteiger partial charge in [-0.05, 0) is 17.7 Å². The van der Waals surface area contributed by atoms with Gasteiger partial charge in [0.25, 0.3) is 0 Å². The molecule has 0 amide bonds. The molecular formula is C14H20O6S. The van der Waals surface area contributed by atoms with Gasteiger partial charge >= 0.3 is 0 Å². The van der Waals surface area contributed by atoms with Crippen LogP contribution in [0.1, 0.15) is 5.56 Å². The van der Waals surface area contributed by atoms with Crippen molar-refractivity contribution in [2.24, 2.45) is 0 Å². The summed E-state index contributed by atoms with van der Waals surface area (Å²) < 4.78 is 10.5. The van der Waals surface area contributed by atoms with Crippen LogP contribution in [-0.4, -0.2) is 64.0 Å². The molecule has 0 aromatic heterocycles. The Morgan fingerprint density at radius 2 is 1.76 bits per heavy atom. The lowest BCUT2D eigenvalue weighted by molar-refractivity contribution is -0.205. The summed E-state index contributed by atoms with van der Waals surface area (Å²) in [5.41, 5.74) is 0.306. The Kier molecular flexibility index (Phi) is 5.86. The molecule has 0 radical (unpaired) electrons. The highest BCUT2D eigenvalue weighted by Crippen LogP contribution is 2.30. The lowest BCUT2D eigenvalue weighted by atomic mass is 10.0. The SMILES string of the molecule is COc1ccc(CS[C@@H]2O[C@H](CO)[C@@H](O)[C@H](O)[C@H]2O)cc1. The monoisotopic (exact) mass is 316 g/mol. The highest BCUT2D eigenvalue weighted by molar-refractivity contribution is 7.99. The third-order valence-corrected chi connectivity index (χ3v) is 4.64. The van der Waals surface area contributed by atoms with Gasteiger partial charge in [-0.25, -0.2) is 0 Å². The zero-order chi connectivity index (χ0) is 15.4. The van der Waals surface area contributed by atoms with E-state index in [9.17, 15) is 15.3 Å². The minimum atomic E-state index is -1.33. The highest BCUT2D eigenvalue weighted by atomic mass is 32.2. The number of aliphatic hydroxyl groups is 4. The minimum absolute atomic E-state index is 0.412. The highest BCUT2D eigenvalue weighted by Gasteiger charge is 2.43. The van der Waals surface area contributed by atoms with Crippen molar-refractivity contribution in [2.45, 2.75) is 35.6 Å². The molecule has 1 aliphatic heterocycles. The molecule has 0 unspecified atom stereocenters. The fraction of sp³-hybridized carbons (Fsp3) is 0.571. The van der Waals surface area contributed by atoms with Crippen molar-refractivity contribution in [3.63, 3.8) is 0 Å². The van der Waals surface area contributed by atoms with E-state index < -0.39 is 36.5 Å². The third-order valence-electron chi connectivity index (χ3n) is 3.42. The Morgan fingerprint density at radius 3 is 2.33 bits per heavy atom. The maximum atomic E-state index is 9.92. The molecule has 6 nitrogen and oxygen atoms in total. The zero-order valence-electron chi connectivity index (χ0n) is 11.6. The van der Waals surface area contributed by atoms with Crippen LogP contribution in [-0.2, 0) is 10.5 Å². The van der Waals surface area contributed by atoms with E-state index in [1.54, 1.807) is 7.11 Å². The summed E-state index contributed by atoms with van der Waals surface area (Å²) in [7, 11) is 1.59. The summed E-state index contributed by atoms with van der Waals surface area (Å²) >= 11 is 1.30. The van der Waals surface area contributed by atoms with Crippen LogP contribution in [0.2, 0.25) is 0 Å². The second-order valence-corrected chi connectivity index (χ2v) is 5.94. The van der Waals surface area contributed by atoms with Crippen LogP contribution < -0.4 is 4.74 Å². The zero-order valence-corrected chi connectivity index (χ0v) is 12.4. The number of benzene rings is 1. The fourth-order valence-electron chi connectivity index (χ4n) is 2.11. The molecule has 0 aliphatic carbocycles. The van der Waals surface area contributed by atoms with Gasteiger partial charge in [-0.2, -0.15) is 0 Å². The number of hydrogen-bond acceptors (Lipinski definition) is 7. The first-order valence-corrected chi connectivity index (χ1v) is 7.66. The second-order valence-electron chi connectivity index (χ2n) is 4.86. The second kappa shape index (κ2) is 7.44. The number of aliphatic hydroxyl groups excluding tert-OH is 4. The smallest absolute Gasteiger partial charge is 0.132 e. The van der Waals surface area contributed by atoms with Gasteiger partial charge in [0.05, 0.1) is 13.7 Å². The van der Waals surface area contributed by atoms with E-state index in [4.69, 9.17) is 14.6 Å². The molecule has 0 bridgehead atoms. The summed E-state index contributed by atoms with van der Waals surface area (Å²) in [6, 6.07) is 7.47. The average molecular weight is 316 g/mol. The fourth-order valence-corrected chi connectivity index (χ4v) is 3.23. The third kappa shape index (κ3) is 3.88. The Morgan fingerprint density at radius 1 is 1.10 bits per heavy atom. The Hall–Kier alpha value is -0.830. The Labute approximate surface area is 127 Å². The van der Waals surface area contributed by atoms with Crippen LogP contribution in [0, 0.1) is 0 Å². The van der Waals surface area contributed by atoms with Crippen LogP contribution in [0.4, 0.5) is 0 Å². The number of methoxy groups -OCH3 is 1. The molecule has 7 heteroatoms. The first-order chi connectivity index (χ1) is 10.1. The van der Waals surface area contributed by atoms with Crippen molar-refractivity contribution in [1.82, 2.24) is 0 Å². The van der Waals surface area contributed by atoms with Crippen molar-refractivity contribution in [3.05, 3.63) is 29.8 Å². The summed E-state index contributed by atoms with van der Waals surface area (Å²) in [6.45, 7) is -0.412. The Bertz CT molecular complexity index is 438. The van der Waals surface area contributed by atoms with Crippen molar-refractivity contribution in [1.29, 1.82) is 0 Å². The standard InChI is InChI=1S/C14H20O6S/c1-19-9-4-2-8(3-5-9)7-21-14-13(18)12(17)11(16)10(6-15)20-14/h2-5,10-18H,6-7H2,1H3/t10-,11-,12+,13-,14+/m1/s1. The molecule has 118 valence electrons. The van der Waals surface area contributed by atoms with Crippen molar-refractivity contribution in [2.75, 3.05) is 13.7 Å². The predicted molar refractivity (Wildman–Crippen MR) is 78.1 cm³/mol. The maximum Gasteiger partial charge on any atom is 0.132 e. The molecule has 1 aliphatic rings. The molecule has 0 saturated carbocycles. The lowest BCUT2D eigenvalue weighted by Crippen LogP contribution is -2.57. The summed E-state index contributed by atoms with van der Waals surface area (Å²) in [4.78, 5) is 0. The topological polar surface area (TPSA) is 99.4 Å². The molecule has 1 aromatic rings. The lowest BCUT2D eigenvalue weighted by Gasteiger charge is -2.39. The van der Waals surface area contributed by atoms with Crippen LogP contribution in [0.15, 0.2) is 24.3 Å². The van der Waals surface area contributed by atoms with Gasteiger partial charge in [0.2, 0.25) is 0 Å². The molecule has 2 rings (SSSR count). The first-order valence-electron chi connectivity index (χ1n) is 6.62. The molecule has 1 fully saturated rings. The van der Waals surface area contributed by atoms with Crippen molar-refractivity contribution >= 4 is 11.8 Å². The number of ether oxygens (including phenoxy) is 2. The van der Waals surface area contributed by atoms with E-state index in [2.05, 4.69) is 0 Å². The summed E-state index contributed by atoms with van der Waals surface area (Å²) in [6.07, 6.45) is -4.71. The summed E-state index contributed by atoms with van der Waals surface area (Å²) in [5.74, 6) is 1.32. The van der Waals surface area contributed by atoms with Gasteiger partial charge < -0.3 is 29.9 Å². The van der Waals surface area contributed by atoms with Crippen LogP contribution in [0.25, 0.3) is 0 Å². The molecule has 1 saturated heterocycles. The predicted octanol–water partition coefficient (Wildman–Crippen LogP) is -0.272. The molecule has 5 atom stereocenters. The number of hydrogen-bond donors (Lipinski definition) is 4. The quantitative estimate of drug-likeness (QED) is 0.593. The Balaban J connectivity index is 1.94. The van der Waals surface area contributed by atoms with E-state index in [0.29, 0.717) is 5.75 Å². The van der Waals surface area contributed by atoms with Gasteiger partial charge in [0.1, 0.15) is 35.6 Å². The molecule has 21 heavy (non-hydrogen) atoms. The van der Waals surface area contributed by atoms with Crippen molar-refractivity contribution < 1.29 is 29.9 Å². The molecule has 0 spiro atoms. The van der Waals surface area contributed by atoms with Crippen molar-refractivity contribution in [3.8, 4) is 5.75 Å². The average Bonchev–Trinajstić information content (AvgIpc) is 2.52. The van der Waals surface area contributed by atoms with E-state index in [1.807, 2.05) is 24.3 Å². The van der Waals surface area contributed by atoms with E-state index in [-0.39, 0.29) is 0 Å². The van der Waals surface area contributed by atoms with Gasteiger partial charge in [-0.1, -0.05) is 12.1 Å². The molecule has 1 aromatic carbocycles. The van der Waals surface area contributed by atoms with Crippen LogP contribution in [0.5, 0.6) is 5.75 Å². The first kappa shape index (κ1) is 16.5. The maximum absolute atomic E-state index is 9.92. The van der Waals surface area contributed by atoms with Gasteiger partial charge in [-0.15, -0.1) is 11.8 Å². The van der Waals surface area contributed by atoms with E-state index in [1.165, 1.54) is 11.8 Å². The van der Waals surface area contributed by atoms with Crippen LogP contribution >= 0.6 is 11.8 Å². The largest absolute Gasteiger partial charge is 0.497 e. The van der Waals surface area contributed by atoms with E-state index in [0.717, 1.165) is 11.3 Å². The normalized spacial score (nSPS) is 32.9. The molecular weight excluding hydrogens is 296 g/mol. The molecule has 4 N–H and O–H groups in total. The van der Waals surface area contributed by atoms with E-state index >= 15 is 0 Å². The van der Waals surface area contributed by atoms with Gasteiger partial charge in [0.15, 0.2) is 0 Å².